The molecule has 0 bridgehead atoms. The molecule has 0 atom stereocenters. The number of anilines is 2. The number of nitrogens with one attached hydrogen (secondary N) is 2. The number of nitrogens with zero attached hydrogens (tertiary/aromatic N) is 1. The number of ether oxygens (including phenoxy) is 4. The van der Waals surface area contributed by atoms with Crippen LogP contribution in [0.1, 0.15) is 24.5 Å². The van der Waals surface area contributed by atoms with Gasteiger partial charge in [-0.05, 0) is 61.4 Å². The highest BCUT2D eigenvalue weighted by atomic mass is 16.5. The zero-order valence-electron chi connectivity index (χ0n) is 23.7. The molecule has 218 valence electrons. The molecule has 1 heterocycles. The Bertz CT molecular complexity index is 1530. The van der Waals surface area contributed by atoms with E-state index in [4.69, 9.17) is 18.9 Å². The lowest BCUT2D eigenvalue weighted by Crippen LogP contribution is -2.54. The normalized spacial score (nSPS) is 14.0. The van der Waals surface area contributed by atoms with Gasteiger partial charge in [0.05, 0.1) is 26.5 Å². The van der Waals surface area contributed by atoms with Gasteiger partial charge in [0.15, 0.2) is 29.6 Å². The predicted octanol–water partition coefficient (Wildman–Crippen LogP) is 4.48. The van der Waals surface area contributed by atoms with E-state index in [1.807, 2.05) is 26.0 Å². The van der Waals surface area contributed by atoms with Gasteiger partial charge in [0, 0.05) is 11.8 Å². The molecule has 1 aliphatic rings. The maximum absolute atomic E-state index is 13.4. The Kier molecular flexibility index (Phi) is 9.43. The summed E-state index contributed by atoms with van der Waals surface area (Å²) in [6.45, 7) is 4.11. The summed E-state index contributed by atoms with van der Waals surface area (Å²) in [4.78, 5) is 51.9. The van der Waals surface area contributed by atoms with Gasteiger partial charge in [0.1, 0.15) is 5.57 Å². The first-order valence-corrected chi connectivity index (χ1v) is 13.1. The number of carbonyl (C=O) groups is 4. The summed E-state index contributed by atoms with van der Waals surface area (Å²) < 4.78 is 22.1. The van der Waals surface area contributed by atoms with Gasteiger partial charge in [-0.25, -0.2) is 9.69 Å². The molecular formula is C31H31N3O8. The molecule has 0 aromatic heterocycles. The van der Waals surface area contributed by atoms with Crippen LogP contribution in [0.5, 0.6) is 23.0 Å². The fourth-order valence-electron chi connectivity index (χ4n) is 4.06. The molecule has 3 aromatic rings. The third kappa shape index (κ3) is 6.87. The molecule has 42 heavy (non-hydrogen) atoms. The molecule has 4 rings (SSSR count). The number of carbonyl (C=O) groups excluding carboxylic acids is 4. The van der Waals surface area contributed by atoms with Crippen LogP contribution in [0.25, 0.3) is 6.08 Å². The summed E-state index contributed by atoms with van der Waals surface area (Å²) in [5.74, 6) is -0.672. The van der Waals surface area contributed by atoms with Gasteiger partial charge >= 0.3 is 6.03 Å². The third-order valence-corrected chi connectivity index (χ3v) is 6.16. The van der Waals surface area contributed by atoms with Crippen LogP contribution >= 0.6 is 0 Å². The van der Waals surface area contributed by atoms with E-state index in [1.165, 1.54) is 32.4 Å². The Balaban J connectivity index is 1.52. The first-order valence-electron chi connectivity index (χ1n) is 13.1. The first-order chi connectivity index (χ1) is 20.2. The minimum Gasteiger partial charge on any atom is -0.493 e. The highest BCUT2D eigenvalue weighted by Crippen LogP contribution is 2.34. The highest BCUT2D eigenvalue weighted by molar-refractivity contribution is 6.39. The molecule has 3 aromatic carbocycles. The molecule has 0 unspecified atom stereocenters. The van der Waals surface area contributed by atoms with Crippen LogP contribution in [0.2, 0.25) is 0 Å². The molecule has 1 aliphatic heterocycles. The van der Waals surface area contributed by atoms with Crippen LogP contribution in [-0.4, -0.2) is 51.2 Å². The van der Waals surface area contributed by atoms with E-state index in [1.54, 1.807) is 36.4 Å². The quantitative estimate of drug-likeness (QED) is 0.253. The minimum atomic E-state index is -0.892. The second kappa shape index (κ2) is 13.4. The Labute approximate surface area is 243 Å². The van der Waals surface area contributed by atoms with Gasteiger partial charge in [-0.1, -0.05) is 30.7 Å². The maximum Gasteiger partial charge on any atom is 0.335 e. The van der Waals surface area contributed by atoms with Gasteiger partial charge in [-0.15, -0.1) is 0 Å². The SMILES string of the molecule is CCCOc1ccc(N2C(=O)NC(=O)/C(=C\c3ccc(OCC(=O)Nc4ccc(C)cc4)c(OC)c3)C2=O)cc1OC. The van der Waals surface area contributed by atoms with E-state index < -0.39 is 17.8 Å². The van der Waals surface area contributed by atoms with Gasteiger partial charge in [-0.3, -0.25) is 19.7 Å². The second-order valence-corrected chi connectivity index (χ2v) is 9.25. The first kappa shape index (κ1) is 29.7. The van der Waals surface area contributed by atoms with Crippen LogP contribution in [0.15, 0.2) is 66.2 Å². The minimum absolute atomic E-state index is 0.196. The van der Waals surface area contributed by atoms with Crippen molar-refractivity contribution in [1.82, 2.24) is 5.32 Å². The molecule has 11 nitrogen and oxygen atoms in total. The fraction of sp³-hybridized carbons (Fsp3) is 0.226. The third-order valence-electron chi connectivity index (χ3n) is 6.16. The largest absolute Gasteiger partial charge is 0.493 e. The maximum atomic E-state index is 13.4. The topological polar surface area (TPSA) is 132 Å². The molecule has 0 aliphatic carbocycles. The Morgan fingerprint density at radius 2 is 1.55 bits per heavy atom. The van der Waals surface area contributed by atoms with Crippen LogP contribution in [0.3, 0.4) is 0 Å². The zero-order chi connectivity index (χ0) is 30.2. The number of benzene rings is 3. The van der Waals surface area contributed by atoms with E-state index in [0.717, 1.165) is 16.9 Å². The lowest BCUT2D eigenvalue weighted by molar-refractivity contribution is -0.122. The number of amides is 5. The number of barbiturate groups is 1. The van der Waals surface area contributed by atoms with E-state index in [2.05, 4.69) is 10.6 Å². The van der Waals surface area contributed by atoms with Gasteiger partial charge < -0.3 is 24.3 Å². The van der Waals surface area contributed by atoms with Crippen molar-refractivity contribution in [3.63, 3.8) is 0 Å². The van der Waals surface area contributed by atoms with Gasteiger partial charge in [0.25, 0.3) is 17.7 Å². The predicted molar refractivity (Wildman–Crippen MR) is 156 cm³/mol. The van der Waals surface area contributed by atoms with Crippen molar-refractivity contribution < 1.29 is 38.1 Å². The van der Waals surface area contributed by atoms with E-state index >= 15 is 0 Å². The fourth-order valence-corrected chi connectivity index (χ4v) is 4.06. The standard InChI is InChI=1S/C31H31N3O8/c1-5-14-41-24-13-11-22(17-27(24)40-4)34-30(37)23(29(36)33-31(34)38)15-20-8-12-25(26(16-20)39-3)42-18-28(35)32-21-9-6-19(2)7-10-21/h6-13,15-17H,5,14,18H2,1-4H3,(H,32,35)(H,33,36,38)/b23-15+. The Morgan fingerprint density at radius 1 is 0.881 bits per heavy atom. The molecule has 11 heteroatoms. The smallest absolute Gasteiger partial charge is 0.335 e. The van der Waals surface area contributed by atoms with Crippen LogP contribution in [-0.2, 0) is 14.4 Å². The van der Waals surface area contributed by atoms with Crippen molar-refractivity contribution in [3.05, 3.63) is 77.4 Å². The lowest BCUT2D eigenvalue weighted by atomic mass is 10.1. The van der Waals surface area contributed by atoms with Gasteiger partial charge in [0.2, 0.25) is 0 Å². The summed E-state index contributed by atoms with van der Waals surface area (Å²) in [7, 11) is 2.87. The summed E-state index contributed by atoms with van der Waals surface area (Å²) in [5.41, 5.74) is 2.07. The van der Waals surface area contributed by atoms with Gasteiger partial charge in [-0.2, -0.15) is 0 Å². The Morgan fingerprint density at radius 3 is 2.24 bits per heavy atom. The number of hydrogen-bond donors (Lipinski definition) is 2. The average molecular weight is 574 g/mol. The molecule has 0 saturated carbocycles. The molecule has 2 N–H and O–H groups in total. The molecule has 0 radical (unpaired) electrons. The van der Waals surface area contributed by atoms with Crippen molar-refractivity contribution in [3.8, 4) is 23.0 Å². The van der Waals surface area contributed by atoms with Crippen LogP contribution in [0, 0.1) is 6.92 Å². The molecule has 5 amide bonds. The van der Waals surface area contributed by atoms with Crippen molar-refractivity contribution >= 4 is 41.2 Å². The monoisotopic (exact) mass is 573 g/mol. The number of hydrogen-bond acceptors (Lipinski definition) is 8. The number of imide groups is 2. The molecular weight excluding hydrogens is 542 g/mol. The van der Waals surface area contributed by atoms with E-state index in [9.17, 15) is 19.2 Å². The summed E-state index contributed by atoms with van der Waals surface area (Å²) in [6.07, 6.45) is 2.12. The Hall–Kier alpha value is -5.32. The number of urea groups is 1. The molecule has 1 saturated heterocycles. The van der Waals surface area contributed by atoms with E-state index in [0.29, 0.717) is 29.4 Å². The summed E-state index contributed by atoms with van der Waals surface area (Å²) in [5, 5.41) is 4.95. The molecule has 1 fully saturated rings. The van der Waals surface area contributed by atoms with Crippen LogP contribution < -0.4 is 34.5 Å². The van der Waals surface area contributed by atoms with Crippen LogP contribution in [0.4, 0.5) is 16.2 Å². The van der Waals surface area contributed by atoms with E-state index in [-0.39, 0.29) is 35.3 Å². The zero-order valence-corrected chi connectivity index (χ0v) is 23.7. The summed E-state index contributed by atoms with van der Waals surface area (Å²) in [6, 6.07) is 15.8. The number of aryl methyl sites for hydroxylation is 1. The summed E-state index contributed by atoms with van der Waals surface area (Å²) >= 11 is 0. The molecule has 0 spiro atoms. The number of methoxy groups -OCH3 is 2. The van der Waals surface area contributed by atoms with Crippen molar-refractivity contribution in [2.24, 2.45) is 0 Å². The number of rotatable bonds is 11. The highest BCUT2D eigenvalue weighted by Gasteiger charge is 2.37. The van der Waals surface area contributed by atoms with Crippen molar-refractivity contribution in [2.45, 2.75) is 20.3 Å². The van der Waals surface area contributed by atoms with Crippen molar-refractivity contribution in [1.29, 1.82) is 0 Å². The van der Waals surface area contributed by atoms with Crippen molar-refractivity contribution in [2.75, 3.05) is 37.7 Å². The average Bonchev–Trinajstić information content (AvgIpc) is 2.98. The second-order valence-electron chi connectivity index (χ2n) is 9.25. The lowest BCUT2D eigenvalue weighted by Gasteiger charge is -2.27.